The fourth-order valence-electron chi connectivity index (χ4n) is 8.04. The number of fused-ring (bicyclic) bond motifs is 17. The van der Waals surface area contributed by atoms with Gasteiger partial charge >= 0.3 is 0 Å². The van der Waals surface area contributed by atoms with Crippen molar-refractivity contribution < 1.29 is 14.2 Å². The summed E-state index contributed by atoms with van der Waals surface area (Å²) in [7, 11) is 0. The minimum Gasteiger partial charge on any atom is -0.492 e. The van der Waals surface area contributed by atoms with E-state index in [1.54, 1.807) is 0 Å². The summed E-state index contributed by atoms with van der Waals surface area (Å²) in [5.74, 6) is 2.83. The average Bonchev–Trinajstić information content (AvgIpc) is 3.23. The van der Waals surface area contributed by atoms with E-state index in [2.05, 4.69) is 153 Å². The Bertz CT molecular complexity index is 2060. The lowest BCUT2D eigenvalue weighted by molar-refractivity contribution is 0.150. The molecule has 290 valence electrons. The fourth-order valence-corrected chi connectivity index (χ4v) is 8.04. The molecule has 9 rings (SSSR count). The van der Waals surface area contributed by atoms with Gasteiger partial charge in [0, 0.05) is 102 Å². The van der Waals surface area contributed by atoms with Gasteiger partial charge in [0.2, 0.25) is 0 Å². The number of rotatable bonds is 2. The molecule has 0 unspecified atom stereocenters. The maximum absolute atomic E-state index is 6.67. The normalized spacial score (nSPS) is 19.7. The van der Waals surface area contributed by atoms with Gasteiger partial charge in [0.15, 0.2) is 0 Å². The summed E-state index contributed by atoms with van der Waals surface area (Å²) in [6.07, 6.45) is 0. The van der Waals surface area contributed by atoms with Crippen LogP contribution >= 0.6 is 0 Å². The Labute approximate surface area is 332 Å². The standard InChI is InChI=1S/C48H55N5O3/c1-6-16-43-38(11-1)33-39-12-2-7-17-44(39)45(43)37-53-26-25-51-23-21-49-34-40-13-3-8-18-46(40)54-30-27-52(29-32-56-48-20-10-5-15-42(48)36-53)28-31-55-47-19-9-4-14-41(47)35-50-22-24-51/h1-20,33,49-50H,21-32,34-37H2. The van der Waals surface area contributed by atoms with Crippen LogP contribution in [0, 0.1) is 0 Å². The minimum absolute atomic E-state index is 0.569. The second-order valence-corrected chi connectivity index (χ2v) is 14.9. The van der Waals surface area contributed by atoms with Crippen molar-refractivity contribution in [2.45, 2.75) is 26.2 Å². The summed E-state index contributed by atoms with van der Waals surface area (Å²) in [5.41, 5.74) is 4.96. The van der Waals surface area contributed by atoms with Crippen LogP contribution in [-0.4, -0.2) is 93.4 Å². The first-order chi connectivity index (χ1) is 27.8. The molecule has 0 saturated heterocycles. The molecule has 6 aromatic carbocycles. The van der Waals surface area contributed by atoms with E-state index in [0.29, 0.717) is 19.8 Å². The van der Waals surface area contributed by atoms with Crippen molar-refractivity contribution >= 4 is 21.5 Å². The van der Waals surface area contributed by atoms with E-state index in [9.17, 15) is 0 Å². The summed E-state index contributed by atoms with van der Waals surface area (Å²) in [6.45, 7) is 12.6. The number of hydrogen-bond acceptors (Lipinski definition) is 8. The summed E-state index contributed by atoms with van der Waals surface area (Å²) < 4.78 is 19.5. The van der Waals surface area contributed by atoms with Crippen LogP contribution in [0.4, 0.5) is 0 Å². The maximum Gasteiger partial charge on any atom is 0.123 e. The minimum atomic E-state index is 0.569. The topological polar surface area (TPSA) is 61.5 Å². The second kappa shape index (κ2) is 19.3. The SMILES string of the molecule is c1ccc2c(c1)CNCCN1CCNCc3ccccc3OCCN(CCO2)CCOc2ccccc2CN(Cc2c3ccccc3cc3ccccc23)CC1. The predicted molar refractivity (Wildman–Crippen MR) is 228 cm³/mol. The molecule has 0 saturated carbocycles. The Morgan fingerprint density at radius 1 is 0.446 bits per heavy atom. The molecule has 3 aliphatic rings. The first kappa shape index (κ1) is 37.9. The molecule has 56 heavy (non-hydrogen) atoms. The average molecular weight is 750 g/mol. The first-order valence-corrected chi connectivity index (χ1v) is 20.4. The number of ether oxygens (including phenoxy) is 3. The van der Waals surface area contributed by atoms with Gasteiger partial charge in [0.25, 0.3) is 0 Å². The van der Waals surface area contributed by atoms with Crippen LogP contribution in [0.25, 0.3) is 21.5 Å². The number of hydrogen-bond donors (Lipinski definition) is 2. The molecule has 8 nitrogen and oxygen atoms in total. The molecule has 0 spiro atoms. The van der Waals surface area contributed by atoms with E-state index in [1.807, 2.05) is 0 Å². The van der Waals surface area contributed by atoms with Crippen LogP contribution in [0.5, 0.6) is 17.2 Å². The Hall–Kier alpha value is -4.96. The number of benzene rings is 6. The Morgan fingerprint density at radius 2 is 0.893 bits per heavy atom. The highest BCUT2D eigenvalue weighted by molar-refractivity contribution is 6.02. The van der Waals surface area contributed by atoms with Crippen LogP contribution < -0.4 is 24.8 Å². The van der Waals surface area contributed by atoms with Crippen LogP contribution in [-0.2, 0) is 26.2 Å². The fraction of sp³-hybridized carbons (Fsp3) is 0.333. The smallest absolute Gasteiger partial charge is 0.123 e. The first-order valence-electron chi connectivity index (χ1n) is 20.4. The molecule has 0 aromatic heterocycles. The van der Waals surface area contributed by atoms with Crippen LogP contribution in [0.15, 0.2) is 127 Å². The summed E-state index contributed by atoms with van der Waals surface area (Å²) >= 11 is 0. The van der Waals surface area contributed by atoms with Crippen molar-refractivity contribution in [1.29, 1.82) is 0 Å². The summed E-state index contributed by atoms with van der Waals surface area (Å²) in [4.78, 5) is 7.63. The van der Waals surface area contributed by atoms with Crippen molar-refractivity contribution in [1.82, 2.24) is 25.3 Å². The van der Waals surface area contributed by atoms with Crippen molar-refractivity contribution in [3.8, 4) is 17.2 Å². The van der Waals surface area contributed by atoms with Gasteiger partial charge in [-0.2, -0.15) is 0 Å². The van der Waals surface area contributed by atoms with Gasteiger partial charge in [0.05, 0.1) is 0 Å². The van der Waals surface area contributed by atoms with Crippen molar-refractivity contribution in [2.75, 3.05) is 78.7 Å². The number of para-hydroxylation sites is 3. The van der Waals surface area contributed by atoms with Crippen molar-refractivity contribution in [3.63, 3.8) is 0 Å². The van der Waals surface area contributed by atoms with Crippen LogP contribution in [0.2, 0.25) is 0 Å². The highest BCUT2D eigenvalue weighted by Crippen LogP contribution is 2.31. The maximum atomic E-state index is 6.67. The quantitative estimate of drug-likeness (QED) is 0.179. The zero-order valence-electron chi connectivity index (χ0n) is 32.5. The van der Waals surface area contributed by atoms with E-state index in [1.165, 1.54) is 43.8 Å². The molecule has 2 bridgehead atoms. The molecular formula is C48H55N5O3. The van der Waals surface area contributed by atoms with E-state index in [0.717, 1.165) is 102 Å². The molecular weight excluding hydrogens is 695 g/mol. The van der Waals surface area contributed by atoms with Crippen molar-refractivity contribution in [2.24, 2.45) is 0 Å². The lowest BCUT2D eigenvalue weighted by Gasteiger charge is -2.30. The molecule has 0 fully saturated rings. The van der Waals surface area contributed by atoms with E-state index < -0.39 is 0 Å². The Morgan fingerprint density at radius 3 is 1.45 bits per heavy atom. The lowest BCUT2D eigenvalue weighted by Crippen LogP contribution is -2.41. The van der Waals surface area contributed by atoms with Gasteiger partial charge in [-0.3, -0.25) is 14.7 Å². The van der Waals surface area contributed by atoms with Crippen LogP contribution in [0.3, 0.4) is 0 Å². The van der Waals surface area contributed by atoms with Gasteiger partial charge < -0.3 is 24.8 Å². The Balaban J connectivity index is 1.13. The van der Waals surface area contributed by atoms with Crippen molar-refractivity contribution in [3.05, 3.63) is 150 Å². The van der Waals surface area contributed by atoms with E-state index in [4.69, 9.17) is 14.2 Å². The molecule has 0 atom stereocenters. The van der Waals surface area contributed by atoms with Gasteiger partial charge in [-0.05, 0) is 51.4 Å². The van der Waals surface area contributed by atoms with Gasteiger partial charge in [-0.25, -0.2) is 0 Å². The third-order valence-corrected chi connectivity index (χ3v) is 11.1. The molecule has 6 aromatic rings. The third-order valence-electron chi connectivity index (χ3n) is 11.1. The zero-order chi connectivity index (χ0) is 37.8. The molecule has 8 heteroatoms. The van der Waals surface area contributed by atoms with Gasteiger partial charge in [-0.1, -0.05) is 103 Å². The third kappa shape index (κ3) is 9.88. The molecule has 0 radical (unpaired) electrons. The summed E-state index contributed by atoms with van der Waals surface area (Å²) in [6, 6.07) is 45.5. The monoisotopic (exact) mass is 749 g/mol. The number of nitrogens with one attached hydrogen (secondary N) is 2. The summed E-state index contributed by atoms with van der Waals surface area (Å²) in [5, 5.41) is 12.7. The molecule has 3 aliphatic heterocycles. The largest absolute Gasteiger partial charge is 0.492 e. The van der Waals surface area contributed by atoms with Gasteiger partial charge in [0.1, 0.15) is 37.1 Å². The zero-order valence-corrected chi connectivity index (χ0v) is 32.5. The molecule has 2 N–H and O–H groups in total. The van der Waals surface area contributed by atoms with E-state index in [-0.39, 0.29) is 0 Å². The predicted octanol–water partition coefficient (Wildman–Crippen LogP) is 7.34. The lowest BCUT2D eigenvalue weighted by atomic mass is 9.96. The molecule has 0 aliphatic carbocycles. The molecule has 3 heterocycles. The highest BCUT2D eigenvalue weighted by atomic mass is 16.5. The number of nitrogens with zero attached hydrogens (tertiary/aromatic N) is 3. The molecule has 0 amide bonds. The van der Waals surface area contributed by atoms with E-state index >= 15 is 0 Å². The van der Waals surface area contributed by atoms with Gasteiger partial charge in [-0.15, -0.1) is 0 Å². The highest BCUT2D eigenvalue weighted by Gasteiger charge is 2.18. The Kier molecular flexibility index (Phi) is 13.1. The van der Waals surface area contributed by atoms with Crippen LogP contribution in [0.1, 0.15) is 22.3 Å². The second-order valence-electron chi connectivity index (χ2n) is 14.9.